The Hall–Kier alpha value is -2.92. The Morgan fingerprint density at radius 3 is 2.30 bits per heavy atom. The molecule has 178 valence electrons. The number of esters is 1. The van der Waals surface area contributed by atoms with Gasteiger partial charge in [-0.3, -0.25) is 13.9 Å². The van der Waals surface area contributed by atoms with Crippen LogP contribution in [0.1, 0.15) is 44.0 Å². The van der Waals surface area contributed by atoms with Gasteiger partial charge in [-0.15, -0.1) is 11.3 Å². The number of benzene rings is 1. The van der Waals surface area contributed by atoms with Crippen LogP contribution in [0.15, 0.2) is 24.3 Å². The zero-order valence-corrected chi connectivity index (χ0v) is 20.6. The maximum atomic E-state index is 12.9. The lowest BCUT2D eigenvalue weighted by molar-refractivity contribution is -0.114. The predicted molar refractivity (Wildman–Crippen MR) is 128 cm³/mol. The molecule has 1 N–H and O–H groups in total. The number of methoxy groups -OCH3 is 1. The van der Waals surface area contributed by atoms with Gasteiger partial charge >= 0.3 is 5.97 Å². The van der Waals surface area contributed by atoms with Crippen molar-refractivity contribution in [3.8, 4) is 0 Å². The normalized spacial score (nSPS) is 13.1. The fourth-order valence-corrected chi connectivity index (χ4v) is 5.85. The third-order valence-corrected chi connectivity index (χ3v) is 7.66. The Bertz CT molecular complexity index is 1170. The van der Waals surface area contributed by atoms with E-state index in [4.69, 9.17) is 4.74 Å². The largest absolute Gasteiger partial charge is 0.465 e. The molecule has 0 atom stereocenters. The van der Waals surface area contributed by atoms with Crippen molar-refractivity contribution in [3.63, 3.8) is 0 Å². The van der Waals surface area contributed by atoms with E-state index in [-0.39, 0.29) is 11.6 Å². The molecule has 1 aliphatic rings. The highest BCUT2D eigenvalue weighted by Crippen LogP contribution is 2.38. The summed E-state index contributed by atoms with van der Waals surface area (Å²) in [6, 6.07) is 5.98. The molecule has 1 aliphatic carbocycles. The number of anilines is 2. The van der Waals surface area contributed by atoms with Gasteiger partial charge in [-0.2, -0.15) is 0 Å². The van der Waals surface area contributed by atoms with Gasteiger partial charge in [0.2, 0.25) is 15.9 Å². The number of hydrogen-bond donors (Lipinski definition) is 1. The number of nitrogens with zero attached hydrogens (tertiary/aromatic N) is 2. The van der Waals surface area contributed by atoms with Gasteiger partial charge in [-0.1, -0.05) is 0 Å². The molecule has 11 heteroatoms. The minimum atomic E-state index is -3.80. The van der Waals surface area contributed by atoms with E-state index < -0.39 is 28.4 Å². The average Bonchev–Trinajstić information content (AvgIpc) is 3.13. The Kier molecular flexibility index (Phi) is 7.43. The number of carbonyl (C=O) groups excluding carboxylic acids is 3. The number of carbonyl (C=O) groups is 3. The van der Waals surface area contributed by atoms with Gasteiger partial charge in [0.25, 0.3) is 5.91 Å². The summed E-state index contributed by atoms with van der Waals surface area (Å²) in [4.78, 5) is 39.8. The van der Waals surface area contributed by atoms with Crippen molar-refractivity contribution in [2.24, 2.45) is 0 Å². The summed E-state index contributed by atoms with van der Waals surface area (Å²) >= 11 is 1.33. The van der Waals surface area contributed by atoms with Gasteiger partial charge in [0.05, 0.1) is 24.6 Å². The first-order valence-electron chi connectivity index (χ1n) is 10.3. The van der Waals surface area contributed by atoms with Crippen LogP contribution in [0, 0.1) is 0 Å². The minimum absolute atomic E-state index is 0.220. The van der Waals surface area contributed by atoms with Gasteiger partial charge in [0, 0.05) is 24.5 Å². The monoisotopic (exact) mass is 493 g/mol. The van der Waals surface area contributed by atoms with E-state index in [1.54, 1.807) is 14.1 Å². The SMILES string of the molecule is COC(=O)c1c(NC(=O)CN(c2ccc(C(=O)N(C)C)cc2)S(C)(=O)=O)sc2c1CCCC2. The molecule has 1 heterocycles. The molecular weight excluding hydrogens is 466 g/mol. The van der Waals surface area contributed by atoms with Crippen LogP contribution in [0.5, 0.6) is 0 Å². The Balaban J connectivity index is 1.85. The smallest absolute Gasteiger partial charge is 0.341 e. The van der Waals surface area contributed by atoms with E-state index in [1.165, 1.54) is 47.6 Å². The van der Waals surface area contributed by atoms with E-state index in [1.807, 2.05) is 0 Å². The molecule has 9 nitrogen and oxygen atoms in total. The molecular formula is C22H27N3O6S2. The first-order chi connectivity index (χ1) is 15.5. The molecule has 0 aliphatic heterocycles. The fraction of sp³-hybridized carbons (Fsp3) is 0.409. The lowest BCUT2D eigenvalue weighted by atomic mass is 9.95. The molecule has 2 amide bonds. The second kappa shape index (κ2) is 9.92. The van der Waals surface area contributed by atoms with E-state index >= 15 is 0 Å². The highest BCUT2D eigenvalue weighted by atomic mass is 32.2. The van der Waals surface area contributed by atoms with Gasteiger partial charge in [-0.05, 0) is 55.5 Å². The highest BCUT2D eigenvalue weighted by molar-refractivity contribution is 7.92. The summed E-state index contributed by atoms with van der Waals surface area (Å²) in [5.41, 5.74) is 1.90. The number of nitrogens with one attached hydrogen (secondary N) is 1. The van der Waals surface area contributed by atoms with Gasteiger partial charge in [0.15, 0.2) is 0 Å². The van der Waals surface area contributed by atoms with Crippen molar-refractivity contribution in [2.75, 3.05) is 43.6 Å². The first-order valence-corrected chi connectivity index (χ1v) is 13.0. The van der Waals surface area contributed by atoms with E-state index in [0.29, 0.717) is 16.1 Å². The van der Waals surface area contributed by atoms with Crippen molar-refractivity contribution in [1.29, 1.82) is 0 Å². The van der Waals surface area contributed by atoms with Crippen LogP contribution in [0.2, 0.25) is 0 Å². The Morgan fingerprint density at radius 1 is 1.09 bits per heavy atom. The third kappa shape index (κ3) is 5.53. The Morgan fingerprint density at radius 2 is 1.73 bits per heavy atom. The van der Waals surface area contributed by atoms with Gasteiger partial charge in [0.1, 0.15) is 11.5 Å². The summed E-state index contributed by atoms with van der Waals surface area (Å²) < 4.78 is 30.7. The number of fused-ring (bicyclic) bond motifs is 1. The summed E-state index contributed by atoms with van der Waals surface area (Å²) in [5, 5.41) is 3.09. The number of hydrogen-bond acceptors (Lipinski definition) is 7. The standard InChI is InChI=1S/C22H27N3O6S2/c1-24(2)21(27)14-9-11-15(12-10-14)25(33(4,29)30)13-18(26)23-20-19(22(28)31-3)16-7-5-6-8-17(16)32-20/h9-12H,5-8,13H2,1-4H3,(H,23,26). The lowest BCUT2D eigenvalue weighted by Gasteiger charge is -2.22. The molecule has 3 rings (SSSR count). The zero-order valence-electron chi connectivity index (χ0n) is 19.0. The first kappa shape index (κ1) is 24.7. The lowest BCUT2D eigenvalue weighted by Crippen LogP contribution is -2.37. The van der Waals surface area contributed by atoms with Crippen LogP contribution in [0.3, 0.4) is 0 Å². The summed E-state index contributed by atoms with van der Waals surface area (Å²) in [7, 11) is 0.728. The fourth-order valence-electron chi connectivity index (χ4n) is 3.70. The average molecular weight is 494 g/mol. The van der Waals surface area contributed by atoms with Gasteiger partial charge < -0.3 is 15.0 Å². The van der Waals surface area contributed by atoms with E-state index in [0.717, 1.165) is 46.7 Å². The number of ether oxygens (including phenoxy) is 1. The second-order valence-corrected chi connectivity index (χ2v) is 11.0. The summed E-state index contributed by atoms with van der Waals surface area (Å²) in [6.07, 6.45) is 4.53. The number of rotatable bonds is 7. The van der Waals surface area contributed by atoms with Crippen molar-refractivity contribution >= 4 is 49.8 Å². The zero-order chi connectivity index (χ0) is 24.3. The molecule has 2 aromatic rings. The molecule has 1 aromatic heterocycles. The van der Waals surface area contributed by atoms with Crippen molar-refractivity contribution in [1.82, 2.24) is 4.90 Å². The van der Waals surface area contributed by atoms with Crippen LogP contribution in [0.25, 0.3) is 0 Å². The molecule has 0 unspecified atom stereocenters. The molecule has 0 bridgehead atoms. The number of thiophene rings is 1. The molecule has 33 heavy (non-hydrogen) atoms. The quantitative estimate of drug-likeness (QED) is 0.593. The van der Waals surface area contributed by atoms with Crippen LogP contribution in [-0.4, -0.2) is 65.1 Å². The van der Waals surface area contributed by atoms with Crippen LogP contribution < -0.4 is 9.62 Å². The summed E-state index contributed by atoms with van der Waals surface area (Å²) in [6.45, 7) is -0.483. The highest BCUT2D eigenvalue weighted by Gasteiger charge is 2.28. The van der Waals surface area contributed by atoms with Crippen molar-refractivity contribution < 1.29 is 27.5 Å². The van der Waals surface area contributed by atoms with Crippen LogP contribution in [0.4, 0.5) is 10.7 Å². The van der Waals surface area contributed by atoms with Crippen LogP contribution in [-0.2, 0) is 32.4 Å². The number of amides is 2. The number of aryl methyl sites for hydroxylation is 1. The Labute approximate surface area is 197 Å². The number of sulfonamides is 1. The maximum Gasteiger partial charge on any atom is 0.341 e. The third-order valence-electron chi connectivity index (χ3n) is 5.31. The molecule has 0 spiro atoms. The van der Waals surface area contributed by atoms with Crippen LogP contribution >= 0.6 is 11.3 Å². The molecule has 0 saturated heterocycles. The molecule has 0 fully saturated rings. The second-order valence-electron chi connectivity index (χ2n) is 7.97. The van der Waals surface area contributed by atoms with E-state index in [2.05, 4.69) is 5.32 Å². The van der Waals surface area contributed by atoms with Gasteiger partial charge in [-0.25, -0.2) is 13.2 Å². The van der Waals surface area contributed by atoms with Crippen molar-refractivity contribution in [3.05, 3.63) is 45.8 Å². The minimum Gasteiger partial charge on any atom is -0.465 e. The molecule has 0 radical (unpaired) electrons. The van der Waals surface area contributed by atoms with E-state index in [9.17, 15) is 22.8 Å². The predicted octanol–water partition coefficient (Wildman–Crippen LogP) is 2.52. The summed E-state index contributed by atoms with van der Waals surface area (Å²) in [5.74, 6) is -1.33. The maximum absolute atomic E-state index is 12.9. The molecule has 1 aromatic carbocycles. The topological polar surface area (TPSA) is 113 Å². The van der Waals surface area contributed by atoms with Crippen molar-refractivity contribution in [2.45, 2.75) is 25.7 Å². The molecule has 0 saturated carbocycles.